The molecule has 0 spiro atoms. The van der Waals surface area contributed by atoms with Crippen LogP contribution in [0.1, 0.15) is 98.3 Å². The Morgan fingerprint density at radius 2 is 1.43 bits per heavy atom. The van der Waals surface area contributed by atoms with Crippen molar-refractivity contribution in [1.29, 1.82) is 0 Å². The topological polar surface area (TPSA) is 21.6 Å². The largest absolute Gasteiger partial charge is 0.376 e. The van der Waals surface area contributed by atoms with Gasteiger partial charge in [0.2, 0.25) is 0 Å². The van der Waals surface area contributed by atoms with Gasteiger partial charge in [-0.1, -0.05) is 65.2 Å². The number of aliphatic imine (C=N–C) groups is 1. The third-order valence-corrected chi connectivity index (χ3v) is 3.94. The first-order valence-electron chi connectivity index (χ1n) is 9.25. The van der Waals surface area contributed by atoms with Gasteiger partial charge in [0.15, 0.2) is 0 Å². The maximum atomic E-state index is 5.74. The SMILES string of the molecule is CCCCCCCC(=NC(C)C)C(CCCCCC)OC. The van der Waals surface area contributed by atoms with Gasteiger partial charge in [0.05, 0.1) is 6.10 Å². The first-order valence-corrected chi connectivity index (χ1v) is 9.25. The van der Waals surface area contributed by atoms with Gasteiger partial charge in [0.1, 0.15) is 0 Å². The molecule has 0 heterocycles. The molecule has 2 nitrogen and oxygen atoms in total. The second kappa shape index (κ2) is 14.6. The van der Waals surface area contributed by atoms with E-state index in [-0.39, 0.29) is 6.10 Å². The second-order valence-corrected chi connectivity index (χ2v) is 6.45. The first kappa shape index (κ1) is 20.6. The number of ether oxygens (including phenoxy) is 1. The Morgan fingerprint density at radius 1 is 0.857 bits per heavy atom. The average Bonchev–Trinajstić information content (AvgIpc) is 2.46. The van der Waals surface area contributed by atoms with E-state index in [0.29, 0.717) is 6.04 Å². The van der Waals surface area contributed by atoms with Crippen molar-refractivity contribution in [3.63, 3.8) is 0 Å². The highest BCUT2D eigenvalue weighted by Gasteiger charge is 2.15. The van der Waals surface area contributed by atoms with E-state index in [1.165, 1.54) is 63.5 Å². The van der Waals surface area contributed by atoms with Crippen LogP contribution in [0.3, 0.4) is 0 Å². The molecule has 0 rings (SSSR count). The summed E-state index contributed by atoms with van der Waals surface area (Å²) in [6, 6.07) is 0.379. The number of nitrogens with zero attached hydrogens (tertiary/aromatic N) is 1. The summed E-state index contributed by atoms with van der Waals surface area (Å²) in [6.07, 6.45) is 14.3. The number of hydrogen-bond donors (Lipinski definition) is 0. The molecule has 2 heteroatoms. The van der Waals surface area contributed by atoms with Crippen molar-refractivity contribution in [2.45, 2.75) is 110 Å². The third-order valence-electron chi connectivity index (χ3n) is 3.94. The van der Waals surface area contributed by atoms with E-state index in [2.05, 4.69) is 27.7 Å². The van der Waals surface area contributed by atoms with E-state index >= 15 is 0 Å². The predicted molar refractivity (Wildman–Crippen MR) is 95.5 cm³/mol. The number of methoxy groups -OCH3 is 1. The monoisotopic (exact) mass is 297 g/mol. The van der Waals surface area contributed by atoms with Gasteiger partial charge >= 0.3 is 0 Å². The quantitative estimate of drug-likeness (QED) is 0.277. The number of unbranched alkanes of at least 4 members (excludes halogenated alkanes) is 7. The Kier molecular flexibility index (Phi) is 14.3. The lowest BCUT2D eigenvalue weighted by atomic mass is 10.00. The molecular weight excluding hydrogens is 258 g/mol. The van der Waals surface area contributed by atoms with Crippen LogP contribution in [0.5, 0.6) is 0 Å². The van der Waals surface area contributed by atoms with E-state index in [1.54, 1.807) is 0 Å². The Morgan fingerprint density at radius 3 is 1.95 bits per heavy atom. The molecule has 0 aromatic rings. The molecule has 0 aliphatic heterocycles. The molecule has 0 radical (unpaired) electrons. The highest BCUT2D eigenvalue weighted by Crippen LogP contribution is 2.15. The lowest BCUT2D eigenvalue weighted by molar-refractivity contribution is 0.143. The van der Waals surface area contributed by atoms with Crippen LogP contribution >= 0.6 is 0 Å². The molecule has 126 valence electrons. The molecule has 0 aromatic heterocycles. The maximum Gasteiger partial charge on any atom is 0.0947 e. The van der Waals surface area contributed by atoms with E-state index in [9.17, 15) is 0 Å². The van der Waals surface area contributed by atoms with Gasteiger partial charge in [-0.05, 0) is 33.1 Å². The normalized spacial score (nSPS) is 13.9. The summed E-state index contributed by atoms with van der Waals surface area (Å²) >= 11 is 0. The minimum Gasteiger partial charge on any atom is -0.376 e. The molecule has 0 N–H and O–H groups in total. The smallest absolute Gasteiger partial charge is 0.0947 e. The molecular formula is C19H39NO. The fourth-order valence-electron chi connectivity index (χ4n) is 2.73. The molecule has 1 unspecified atom stereocenters. The zero-order valence-electron chi connectivity index (χ0n) is 15.3. The van der Waals surface area contributed by atoms with E-state index in [0.717, 1.165) is 12.8 Å². The molecule has 0 aromatic carbocycles. The maximum absolute atomic E-state index is 5.74. The van der Waals surface area contributed by atoms with Crippen molar-refractivity contribution >= 4 is 5.71 Å². The second-order valence-electron chi connectivity index (χ2n) is 6.45. The van der Waals surface area contributed by atoms with Crippen LogP contribution in [0.4, 0.5) is 0 Å². The Balaban J connectivity index is 4.27. The van der Waals surface area contributed by atoms with Gasteiger partial charge in [-0.2, -0.15) is 0 Å². The van der Waals surface area contributed by atoms with Crippen molar-refractivity contribution in [3.8, 4) is 0 Å². The van der Waals surface area contributed by atoms with Crippen molar-refractivity contribution in [2.75, 3.05) is 7.11 Å². The summed E-state index contributed by atoms with van der Waals surface area (Å²) in [5.74, 6) is 0. The molecule has 1 atom stereocenters. The summed E-state index contributed by atoms with van der Waals surface area (Å²) in [7, 11) is 1.84. The molecule has 0 aliphatic rings. The van der Waals surface area contributed by atoms with Crippen LogP contribution < -0.4 is 0 Å². The predicted octanol–water partition coefficient (Wildman–Crippen LogP) is 6.18. The number of rotatable bonds is 14. The van der Waals surface area contributed by atoms with Crippen LogP contribution in [-0.4, -0.2) is 25.0 Å². The summed E-state index contributed by atoms with van der Waals surface area (Å²) < 4.78 is 5.74. The van der Waals surface area contributed by atoms with Crippen molar-refractivity contribution in [1.82, 2.24) is 0 Å². The lowest BCUT2D eigenvalue weighted by Gasteiger charge is -2.19. The van der Waals surface area contributed by atoms with Crippen LogP contribution in [0.15, 0.2) is 4.99 Å². The standard InChI is InChI=1S/C19H39NO/c1-6-8-10-12-13-15-18(20-17(3)4)19(21-5)16-14-11-9-7-2/h17,19H,6-16H2,1-5H3. The van der Waals surface area contributed by atoms with Crippen LogP contribution in [0.2, 0.25) is 0 Å². The average molecular weight is 298 g/mol. The van der Waals surface area contributed by atoms with Crippen LogP contribution in [-0.2, 0) is 4.74 Å². The molecule has 0 aliphatic carbocycles. The van der Waals surface area contributed by atoms with Gasteiger partial charge in [-0.25, -0.2) is 0 Å². The first-order chi connectivity index (χ1) is 10.2. The Hall–Kier alpha value is -0.370. The molecule has 0 saturated heterocycles. The third kappa shape index (κ3) is 11.9. The Labute approximate surface area is 133 Å². The van der Waals surface area contributed by atoms with Gasteiger partial charge in [-0.15, -0.1) is 0 Å². The van der Waals surface area contributed by atoms with E-state index in [1.807, 2.05) is 7.11 Å². The highest BCUT2D eigenvalue weighted by atomic mass is 16.5. The van der Waals surface area contributed by atoms with E-state index < -0.39 is 0 Å². The van der Waals surface area contributed by atoms with Gasteiger partial charge in [-0.3, -0.25) is 4.99 Å². The zero-order chi connectivity index (χ0) is 15.9. The minimum atomic E-state index is 0.246. The van der Waals surface area contributed by atoms with Crippen molar-refractivity contribution < 1.29 is 4.74 Å². The van der Waals surface area contributed by atoms with Gasteiger partial charge in [0, 0.05) is 18.9 Å². The summed E-state index contributed by atoms with van der Waals surface area (Å²) in [6.45, 7) is 8.86. The molecule has 0 bridgehead atoms. The Bertz CT molecular complexity index is 248. The summed E-state index contributed by atoms with van der Waals surface area (Å²) in [5, 5.41) is 0. The molecule has 21 heavy (non-hydrogen) atoms. The van der Waals surface area contributed by atoms with Crippen LogP contribution in [0.25, 0.3) is 0 Å². The highest BCUT2D eigenvalue weighted by molar-refractivity contribution is 5.88. The van der Waals surface area contributed by atoms with Gasteiger partial charge in [0.25, 0.3) is 0 Å². The van der Waals surface area contributed by atoms with Crippen molar-refractivity contribution in [2.24, 2.45) is 4.99 Å². The minimum absolute atomic E-state index is 0.246. The van der Waals surface area contributed by atoms with Gasteiger partial charge < -0.3 is 4.74 Å². The molecule has 0 amide bonds. The van der Waals surface area contributed by atoms with E-state index in [4.69, 9.17) is 9.73 Å². The fourth-order valence-corrected chi connectivity index (χ4v) is 2.73. The van der Waals surface area contributed by atoms with Crippen LogP contribution in [0, 0.1) is 0 Å². The lowest BCUT2D eigenvalue weighted by Crippen LogP contribution is -2.24. The zero-order valence-corrected chi connectivity index (χ0v) is 15.3. The van der Waals surface area contributed by atoms with Crippen molar-refractivity contribution in [3.05, 3.63) is 0 Å². The fraction of sp³-hybridized carbons (Fsp3) is 0.947. The number of hydrogen-bond acceptors (Lipinski definition) is 2. The molecule has 0 saturated carbocycles. The molecule has 0 fully saturated rings. The summed E-state index contributed by atoms with van der Waals surface area (Å²) in [5.41, 5.74) is 1.31. The summed E-state index contributed by atoms with van der Waals surface area (Å²) in [4.78, 5) is 4.86.